The Bertz CT molecular complexity index is 546. The fraction of sp³-hybridized carbons (Fsp3) is 0.556. The molecule has 1 aromatic rings. The van der Waals surface area contributed by atoms with Crippen LogP contribution in [0.1, 0.15) is 36.0 Å². The maximum atomic E-state index is 12.5. The second-order valence-electron chi connectivity index (χ2n) is 6.52. The molecule has 1 aromatic carbocycles. The monoisotopic (exact) mass is 351 g/mol. The molecule has 2 fully saturated rings. The van der Waals surface area contributed by atoms with Crippen LogP contribution in [0, 0.1) is 5.92 Å². The van der Waals surface area contributed by atoms with Crippen LogP contribution in [0.15, 0.2) is 30.3 Å². The predicted octanol–water partition coefficient (Wildman–Crippen LogP) is 1.83. The highest BCUT2D eigenvalue weighted by Gasteiger charge is 2.26. The summed E-state index contributed by atoms with van der Waals surface area (Å²) in [7, 11) is 0. The van der Waals surface area contributed by atoms with Crippen LogP contribution in [-0.4, -0.2) is 48.9 Å². The van der Waals surface area contributed by atoms with Gasteiger partial charge in [-0.1, -0.05) is 18.2 Å². The van der Waals surface area contributed by atoms with E-state index < -0.39 is 0 Å². The molecular weight excluding hydrogens is 326 g/mol. The molecule has 2 N–H and O–H groups in total. The number of carbonyl (C=O) groups excluding carboxylic acids is 2. The van der Waals surface area contributed by atoms with Crippen LogP contribution in [0.3, 0.4) is 0 Å². The van der Waals surface area contributed by atoms with Crippen molar-refractivity contribution in [2.45, 2.75) is 31.7 Å². The zero-order valence-electron chi connectivity index (χ0n) is 13.9. The quantitative estimate of drug-likeness (QED) is 0.870. The van der Waals surface area contributed by atoms with Crippen molar-refractivity contribution in [2.75, 3.05) is 26.2 Å². The Morgan fingerprint density at radius 3 is 2.67 bits per heavy atom. The van der Waals surface area contributed by atoms with E-state index in [4.69, 9.17) is 0 Å². The second-order valence-corrected chi connectivity index (χ2v) is 6.52. The molecule has 5 nitrogen and oxygen atoms in total. The number of rotatable bonds is 4. The third kappa shape index (κ3) is 4.71. The largest absolute Gasteiger partial charge is 0.354 e. The molecule has 132 valence electrons. The van der Waals surface area contributed by atoms with Crippen molar-refractivity contribution in [3.8, 4) is 0 Å². The number of piperidine rings is 1. The molecule has 0 spiro atoms. The van der Waals surface area contributed by atoms with Gasteiger partial charge in [-0.2, -0.15) is 0 Å². The molecule has 3 rings (SSSR count). The fourth-order valence-corrected chi connectivity index (χ4v) is 3.46. The number of hydrogen-bond acceptors (Lipinski definition) is 3. The van der Waals surface area contributed by atoms with Crippen molar-refractivity contribution in [1.82, 2.24) is 15.5 Å². The SMILES string of the molecule is Cl.O=C(NCC1CCCN(C(=O)c2ccccc2)C1)C1CCCN1. The van der Waals surface area contributed by atoms with Gasteiger partial charge in [-0.15, -0.1) is 12.4 Å². The van der Waals surface area contributed by atoms with E-state index in [-0.39, 0.29) is 30.3 Å². The Labute approximate surface area is 149 Å². The molecule has 2 unspecified atom stereocenters. The fourth-order valence-electron chi connectivity index (χ4n) is 3.46. The summed E-state index contributed by atoms with van der Waals surface area (Å²) in [6.45, 7) is 3.13. The van der Waals surface area contributed by atoms with Gasteiger partial charge in [0.15, 0.2) is 0 Å². The van der Waals surface area contributed by atoms with Gasteiger partial charge >= 0.3 is 0 Å². The van der Waals surface area contributed by atoms with Gasteiger partial charge in [0, 0.05) is 25.2 Å². The highest BCUT2D eigenvalue weighted by molar-refractivity contribution is 5.94. The lowest BCUT2D eigenvalue weighted by atomic mass is 9.97. The molecule has 0 aromatic heterocycles. The van der Waals surface area contributed by atoms with Gasteiger partial charge < -0.3 is 15.5 Å². The minimum atomic E-state index is -0.0272. The molecule has 24 heavy (non-hydrogen) atoms. The Kier molecular flexibility index (Phi) is 7.06. The molecular formula is C18H26ClN3O2. The van der Waals surface area contributed by atoms with Crippen LogP contribution in [0.4, 0.5) is 0 Å². The number of nitrogens with one attached hydrogen (secondary N) is 2. The summed E-state index contributed by atoms with van der Waals surface area (Å²) >= 11 is 0. The van der Waals surface area contributed by atoms with Crippen molar-refractivity contribution >= 4 is 24.2 Å². The number of carbonyl (C=O) groups is 2. The molecule has 6 heteroatoms. The third-order valence-electron chi connectivity index (χ3n) is 4.77. The minimum Gasteiger partial charge on any atom is -0.354 e. The molecule has 2 saturated heterocycles. The first-order valence-electron chi connectivity index (χ1n) is 8.59. The number of benzene rings is 1. The summed E-state index contributed by atoms with van der Waals surface area (Å²) in [4.78, 5) is 26.5. The summed E-state index contributed by atoms with van der Waals surface area (Å²) < 4.78 is 0. The van der Waals surface area contributed by atoms with Gasteiger partial charge in [-0.25, -0.2) is 0 Å². The van der Waals surface area contributed by atoms with E-state index in [1.807, 2.05) is 35.2 Å². The lowest BCUT2D eigenvalue weighted by molar-refractivity contribution is -0.123. The molecule has 0 aliphatic carbocycles. The van der Waals surface area contributed by atoms with Gasteiger partial charge in [-0.3, -0.25) is 9.59 Å². The molecule has 2 atom stereocenters. The van der Waals surface area contributed by atoms with E-state index >= 15 is 0 Å². The van der Waals surface area contributed by atoms with Crippen molar-refractivity contribution < 1.29 is 9.59 Å². The number of hydrogen-bond donors (Lipinski definition) is 2. The Hall–Kier alpha value is -1.59. The topological polar surface area (TPSA) is 61.4 Å². The van der Waals surface area contributed by atoms with Crippen LogP contribution in [0.2, 0.25) is 0 Å². The molecule has 0 radical (unpaired) electrons. The molecule has 0 bridgehead atoms. The first-order valence-corrected chi connectivity index (χ1v) is 8.59. The van der Waals surface area contributed by atoms with Gasteiger partial charge in [0.25, 0.3) is 5.91 Å². The van der Waals surface area contributed by atoms with Crippen molar-refractivity contribution in [3.05, 3.63) is 35.9 Å². The second kappa shape index (κ2) is 9.04. The minimum absolute atomic E-state index is 0. The van der Waals surface area contributed by atoms with E-state index in [0.717, 1.165) is 50.9 Å². The molecule has 2 amide bonds. The first kappa shape index (κ1) is 18.7. The zero-order valence-corrected chi connectivity index (χ0v) is 14.7. The van der Waals surface area contributed by atoms with Crippen molar-refractivity contribution in [3.63, 3.8) is 0 Å². The van der Waals surface area contributed by atoms with Crippen LogP contribution in [0.5, 0.6) is 0 Å². The molecule has 2 aliphatic rings. The predicted molar refractivity (Wildman–Crippen MR) is 96.4 cm³/mol. The van der Waals surface area contributed by atoms with E-state index in [1.54, 1.807) is 0 Å². The number of likely N-dealkylation sites (tertiary alicyclic amines) is 1. The highest BCUT2D eigenvalue weighted by atomic mass is 35.5. The average Bonchev–Trinajstić information content (AvgIpc) is 3.15. The smallest absolute Gasteiger partial charge is 0.253 e. The van der Waals surface area contributed by atoms with Crippen LogP contribution < -0.4 is 10.6 Å². The zero-order chi connectivity index (χ0) is 16.1. The van der Waals surface area contributed by atoms with Crippen LogP contribution >= 0.6 is 12.4 Å². The Balaban J connectivity index is 0.00000208. The van der Waals surface area contributed by atoms with Crippen LogP contribution in [-0.2, 0) is 4.79 Å². The molecule has 2 aliphatic heterocycles. The van der Waals surface area contributed by atoms with E-state index in [1.165, 1.54) is 0 Å². The van der Waals surface area contributed by atoms with Crippen molar-refractivity contribution in [2.24, 2.45) is 5.92 Å². The van der Waals surface area contributed by atoms with E-state index in [0.29, 0.717) is 12.5 Å². The average molecular weight is 352 g/mol. The lowest BCUT2D eigenvalue weighted by Crippen LogP contribution is -2.46. The highest BCUT2D eigenvalue weighted by Crippen LogP contribution is 2.18. The normalized spacial score (nSPS) is 23.4. The maximum Gasteiger partial charge on any atom is 0.253 e. The third-order valence-corrected chi connectivity index (χ3v) is 4.77. The van der Waals surface area contributed by atoms with Gasteiger partial charge in [0.2, 0.25) is 5.91 Å². The maximum absolute atomic E-state index is 12.5. The number of amides is 2. The van der Waals surface area contributed by atoms with Gasteiger partial charge in [-0.05, 0) is 50.3 Å². The Morgan fingerprint density at radius 1 is 1.17 bits per heavy atom. The molecule has 2 heterocycles. The summed E-state index contributed by atoms with van der Waals surface area (Å²) in [5.74, 6) is 0.551. The summed E-state index contributed by atoms with van der Waals surface area (Å²) in [6.07, 6.45) is 4.06. The van der Waals surface area contributed by atoms with Gasteiger partial charge in [0.05, 0.1) is 6.04 Å². The standard InChI is InChI=1S/C18H25N3O2.ClH/c22-17(16-9-4-10-19-16)20-12-14-6-5-11-21(13-14)18(23)15-7-2-1-3-8-15;/h1-3,7-8,14,16,19H,4-6,9-13H2,(H,20,22);1H. The lowest BCUT2D eigenvalue weighted by Gasteiger charge is -2.33. The summed E-state index contributed by atoms with van der Waals surface area (Å²) in [6, 6.07) is 9.40. The summed E-state index contributed by atoms with van der Waals surface area (Å²) in [5, 5.41) is 6.27. The van der Waals surface area contributed by atoms with E-state index in [2.05, 4.69) is 10.6 Å². The summed E-state index contributed by atoms with van der Waals surface area (Å²) in [5.41, 5.74) is 0.743. The van der Waals surface area contributed by atoms with Crippen molar-refractivity contribution in [1.29, 1.82) is 0 Å². The van der Waals surface area contributed by atoms with E-state index in [9.17, 15) is 9.59 Å². The number of nitrogens with zero attached hydrogens (tertiary/aromatic N) is 1. The molecule has 0 saturated carbocycles. The Morgan fingerprint density at radius 2 is 1.96 bits per heavy atom. The first-order chi connectivity index (χ1) is 11.2. The van der Waals surface area contributed by atoms with Crippen LogP contribution in [0.25, 0.3) is 0 Å². The number of halogens is 1. The van der Waals surface area contributed by atoms with Gasteiger partial charge in [0.1, 0.15) is 0 Å².